The molecule has 7 nitrogen and oxygen atoms in total. The van der Waals surface area contributed by atoms with Crippen LogP contribution in [-0.4, -0.2) is 47.9 Å². The van der Waals surface area contributed by atoms with Gasteiger partial charge in [-0.05, 0) is 53.0 Å². The molecule has 0 heterocycles. The Bertz CT molecular complexity index is 559. The van der Waals surface area contributed by atoms with Crippen LogP contribution in [0.15, 0.2) is 30.3 Å². The van der Waals surface area contributed by atoms with Crippen LogP contribution in [0.1, 0.15) is 21.2 Å². The minimum atomic E-state index is -4.05. The number of hydrogen-bond donors (Lipinski definition) is 3. The SMILES string of the molecule is CNC(CCOS(=O)(=O)Oc1ccccc1)CC(C)(NC)NC.[H-].[Na+]. The van der Waals surface area contributed by atoms with E-state index < -0.39 is 10.4 Å². The largest absolute Gasteiger partial charge is 1.00 e. The summed E-state index contributed by atoms with van der Waals surface area (Å²) >= 11 is 0. The normalized spacial score (nSPS) is 13.2. The van der Waals surface area contributed by atoms with Gasteiger partial charge >= 0.3 is 40.0 Å². The molecular formula is C15H28N3NaO4S. The van der Waals surface area contributed by atoms with E-state index >= 15 is 0 Å². The van der Waals surface area contributed by atoms with E-state index in [1.807, 2.05) is 28.1 Å². The zero-order valence-corrected chi connectivity index (χ0v) is 17.9. The molecule has 0 aromatic heterocycles. The summed E-state index contributed by atoms with van der Waals surface area (Å²) in [6, 6.07) is 8.37. The van der Waals surface area contributed by atoms with E-state index in [0.29, 0.717) is 6.42 Å². The van der Waals surface area contributed by atoms with E-state index in [4.69, 9.17) is 8.37 Å². The Morgan fingerprint density at radius 2 is 1.75 bits per heavy atom. The average Bonchev–Trinajstić information content (AvgIpc) is 2.54. The molecular weight excluding hydrogens is 341 g/mol. The van der Waals surface area contributed by atoms with Crippen molar-refractivity contribution in [2.75, 3.05) is 27.7 Å². The van der Waals surface area contributed by atoms with Gasteiger partial charge in [0.1, 0.15) is 5.75 Å². The van der Waals surface area contributed by atoms with E-state index in [9.17, 15) is 8.42 Å². The van der Waals surface area contributed by atoms with Gasteiger partial charge in [-0.15, -0.1) is 0 Å². The Kier molecular flexibility index (Phi) is 11.3. The van der Waals surface area contributed by atoms with Gasteiger partial charge in [0.2, 0.25) is 0 Å². The van der Waals surface area contributed by atoms with E-state index in [0.717, 1.165) is 6.42 Å². The summed E-state index contributed by atoms with van der Waals surface area (Å²) in [7, 11) is 1.53. The molecule has 0 bridgehead atoms. The summed E-state index contributed by atoms with van der Waals surface area (Å²) in [5.41, 5.74) is -0.243. The number of rotatable bonds is 11. The summed E-state index contributed by atoms with van der Waals surface area (Å²) < 4.78 is 33.3. The summed E-state index contributed by atoms with van der Waals surface area (Å²) in [5, 5.41) is 9.56. The fraction of sp³-hybridized carbons (Fsp3) is 0.600. The van der Waals surface area contributed by atoms with Crippen LogP contribution in [0.4, 0.5) is 0 Å². The van der Waals surface area contributed by atoms with Crippen LogP contribution in [0.25, 0.3) is 0 Å². The van der Waals surface area contributed by atoms with E-state index in [2.05, 4.69) is 16.0 Å². The molecule has 9 heteroatoms. The molecule has 24 heavy (non-hydrogen) atoms. The van der Waals surface area contributed by atoms with Crippen molar-refractivity contribution in [2.45, 2.75) is 31.5 Å². The van der Waals surface area contributed by atoms with Gasteiger partial charge in [0.25, 0.3) is 0 Å². The van der Waals surface area contributed by atoms with Gasteiger partial charge in [-0.3, -0.25) is 0 Å². The van der Waals surface area contributed by atoms with Gasteiger partial charge in [-0.25, -0.2) is 4.18 Å². The molecule has 3 N–H and O–H groups in total. The number of nitrogens with one attached hydrogen (secondary N) is 3. The third kappa shape index (κ3) is 8.77. The fourth-order valence-corrected chi connectivity index (χ4v) is 2.78. The van der Waals surface area contributed by atoms with Crippen molar-refractivity contribution in [2.24, 2.45) is 0 Å². The maximum Gasteiger partial charge on any atom is 1.00 e. The predicted octanol–water partition coefficient (Wildman–Crippen LogP) is -2.03. The average molecular weight is 369 g/mol. The van der Waals surface area contributed by atoms with E-state index in [-0.39, 0.29) is 55.0 Å². The summed E-state index contributed by atoms with van der Waals surface area (Å²) in [6.07, 6.45) is 1.30. The maximum absolute atomic E-state index is 11.8. The molecule has 0 spiro atoms. The molecule has 1 rings (SSSR count). The van der Waals surface area contributed by atoms with Crippen LogP contribution in [-0.2, 0) is 14.6 Å². The van der Waals surface area contributed by atoms with Gasteiger partial charge in [0, 0.05) is 6.04 Å². The first-order valence-electron chi connectivity index (χ1n) is 7.53. The van der Waals surface area contributed by atoms with Crippen LogP contribution in [0.5, 0.6) is 5.75 Å². The molecule has 1 aromatic carbocycles. The van der Waals surface area contributed by atoms with Gasteiger partial charge in [0.05, 0.1) is 12.3 Å². The Balaban J connectivity index is 0. The Labute approximate surface area is 169 Å². The monoisotopic (exact) mass is 369 g/mol. The predicted molar refractivity (Wildman–Crippen MR) is 91.7 cm³/mol. The van der Waals surface area contributed by atoms with E-state index in [1.165, 1.54) is 0 Å². The number of para-hydroxylation sites is 1. The molecule has 0 aliphatic carbocycles. The second kappa shape index (κ2) is 11.4. The molecule has 0 saturated carbocycles. The second-order valence-corrected chi connectivity index (χ2v) is 6.66. The first-order chi connectivity index (χ1) is 10.8. The van der Waals surface area contributed by atoms with Gasteiger partial charge in [-0.2, -0.15) is 8.42 Å². The van der Waals surface area contributed by atoms with Crippen molar-refractivity contribution < 1.29 is 47.8 Å². The zero-order valence-electron chi connectivity index (χ0n) is 16.1. The summed E-state index contributed by atoms with van der Waals surface area (Å²) in [4.78, 5) is 0. The third-order valence-electron chi connectivity index (χ3n) is 3.80. The molecule has 0 amide bonds. The molecule has 0 radical (unpaired) electrons. The third-order valence-corrected chi connectivity index (χ3v) is 4.65. The van der Waals surface area contributed by atoms with Crippen molar-refractivity contribution in [1.29, 1.82) is 0 Å². The summed E-state index contributed by atoms with van der Waals surface area (Å²) in [6.45, 7) is 2.08. The Morgan fingerprint density at radius 3 is 2.25 bits per heavy atom. The minimum absolute atomic E-state index is 0. The smallest absolute Gasteiger partial charge is 1.00 e. The molecule has 0 saturated heterocycles. The Hall–Kier alpha value is -0.190. The fourth-order valence-electron chi connectivity index (χ4n) is 2.08. The van der Waals surface area contributed by atoms with Crippen LogP contribution in [0, 0.1) is 0 Å². The number of hydrogen-bond acceptors (Lipinski definition) is 7. The van der Waals surface area contributed by atoms with Crippen molar-refractivity contribution in [1.82, 2.24) is 16.0 Å². The Morgan fingerprint density at radius 1 is 1.17 bits per heavy atom. The molecule has 134 valence electrons. The number of benzene rings is 1. The maximum atomic E-state index is 11.8. The molecule has 1 aromatic rings. The molecule has 0 aliphatic heterocycles. The van der Waals surface area contributed by atoms with E-state index in [1.54, 1.807) is 30.3 Å². The topological polar surface area (TPSA) is 88.7 Å². The van der Waals surface area contributed by atoms with Crippen molar-refractivity contribution in [3.8, 4) is 5.75 Å². The molecule has 1 unspecified atom stereocenters. The van der Waals surface area contributed by atoms with Crippen LogP contribution >= 0.6 is 0 Å². The minimum Gasteiger partial charge on any atom is -1.00 e. The van der Waals surface area contributed by atoms with Crippen LogP contribution in [0.3, 0.4) is 0 Å². The first-order valence-corrected chi connectivity index (χ1v) is 8.86. The van der Waals surface area contributed by atoms with Crippen LogP contribution < -0.4 is 49.7 Å². The van der Waals surface area contributed by atoms with Gasteiger partial charge in [0.15, 0.2) is 0 Å². The zero-order chi connectivity index (χ0) is 17.3. The molecule has 1 atom stereocenters. The standard InChI is InChI=1S/C15H27N3O4S.Na.H/c1-15(17-3,18-4)12-13(16-2)10-11-21-23(19,20)22-14-8-6-5-7-9-14;;/h5-9,13,16-18H,10-12H2,1-4H3;;/q;+1;-1. The summed E-state index contributed by atoms with van der Waals surface area (Å²) in [5.74, 6) is 0.232. The first kappa shape index (κ1) is 23.8. The molecule has 0 fully saturated rings. The van der Waals surface area contributed by atoms with Crippen molar-refractivity contribution >= 4 is 10.4 Å². The quantitative estimate of drug-likeness (QED) is 0.306. The van der Waals surface area contributed by atoms with Crippen molar-refractivity contribution in [3.63, 3.8) is 0 Å². The molecule has 0 aliphatic rings. The van der Waals surface area contributed by atoms with Gasteiger partial charge in [-0.1, -0.05) is 18.2 Å². The van der Waals surface area contributed by atoms with Crippen LogP contribution in [0.2, 0.25) is 0 Å². The van der Waals surface area contributed by atoms with Crippen molar-refractivity contribution in [3.05, 3.63) is 30.3 Å². The van der Waals surface area contributed by atoms with Gasteiger partial charge < -0.3 is 21.6 Å². The second-order valence-electron chi connectivity index (χ2n) is 5.44.